The van der Waals surface area contributed by atoms with Gasteiger partial charge in [-0.1, -0.05) is 23.2 Å². The maximum atomic E-state index is 6.30. The number of nitrogens with zero attached hydrogens (tertiary/aromatic N) is 4. The molecule has 0 aliphatic heterocycles. The maximum Gasteiger partial charge on any atom is 0.245 e. The lowest BCUT2D eigenvalue weighted by Crippen LogP contribution is -2.03. The Labute approximate surface area is 130 Å². The molecular formula is C13H11Cl2N5O. The molecule has 2 aromatic heterocycles. The summed E-state index contributed by atoms with van der Waals surface area (Å²) < 4.78 is 6.78. The third-order valence-electron chi connectivity index (χ3n) is 3.10. The van der Waals surface area contributed by atoms with Gasteiger partial charge in [0.05, 0.1) is 17.8 Å². The number of methoxy groups -OCH3 is 1. The first-order chi connectivity index (χ1) is 10.0. The van der Waals surface area contributed by atoms with Gasteiger partial charge >= 0.3 is 0 Å². The summed E-state index contributed by atoms with van der Waals surface area (Å²) in [6.07, 6.45) is 1.38. The number of fused-ring (bicyclic) bond motifs is 1. The molecule has 3 aromatic rings. The number of imidazole rings is 1. The Bertz CT molecular complexity index is 846. The molecule has 8 heteroatoms. The van der Waals surface area contributed by atoms with Gasteiger partial charge in [-0.2, -0.15) is 4.98 Å². The second-order valence-electron chi connectivity index (χ2n) is 4.41. The van der Waals surface area contributed by atoms with Gasteiger partial charge in [-0.05, 0) is 24.6 Å². The molecule has 0 radical (unpaired) electrons. The van der Waals surface area contributed by atoms with Crippen molar-refractivity contribution in [3.8, 4) is 11.6 Å². The van der Waals surface area contributed by atoms with Gasteiger partial charge in [0.25, 0.3) is 0 Å². The Morgan fingerprint density at radius 2 is 1.95 bits per heavy atom. The molecular weight excluding hydrogens is 313 g/mol. The van der Waals surface area contributed by atoms with Crippen molar-refractivity contribution in [3.05, 3.63) is 34.1 Å². The first kappa shape index (κ1) is 13.9. The van der Waals surface area contributed by atoms with Gasteiger partial charge < -0.3 is 10.5 Å². The minimum absolute atomic E-state index is 0.227. The molecule has 2 N–H and O–H groups in total. The van der Waals surface area contributed by atoms with E-state index < -0.39 is 0 Å². The largest absolute Gasteiger partial charge is 0.479 e. The Morgan fingerprint density at radius 1 is 1.19 bits per heavy atom. The van der Waals surface area contributed by atoms with E-state index in [4.69, 9.17) is 33.7 Å². The van der Waals surface area contributed by atoms with Crippen LogP contribution in [-0.4, -0.2) is 26.6 Å². The van der Waals surface area contributed by atoms with Crippen LogP contribution >= 0.6 is 23.2 Å². The zero-order chi connectivity index (χ0) is 15.1. The number of hydrogen-bond donors (Lipinski definition) is 1. The predicted molar refractivity (Wildman–Crippen MR) is 82.4 cm³/mol. The van der Waals surface area contributed by atoms with Crippen molar-refractivity contribution < 1.29 is 4.74 Å². The number of hydrogen-bond acceptors (Lipinski definition) is 5. The van der Waals surface area contributed by atoms with Gasteiger partial charge in [0.15, 0.2) is 11.2 Å². The van der Waals surface area contributed by atoms with E-state index in [1.54, 1.807) is 16.7 Å². The first-order valence-electron chi connectivity index (χ1n) is 6.02. The van der Waals surface area contributed by atoms with Crippen molar-refractivity contribution >= 4 is 40.3 Å². The van der Waals surface area contributed by atoms with Crippen LogP contribution in [0.4, 0.5) is 5.95 Å². The molecule has 6 nitrogen and oxygen atoms in total. The van der Waals surface area contributed by atoms with E-state index in [2.05, 4.69) is 15.0 Å². The van der Waals surface area contributed by atoms with E-state index in [1.807, 2.05) is 6.92 Å². The Kier molecular flexibility index (Phi) is 3.35. The summed E-state index contributed by atoms with van der Waals surface area (Å²) in [5.41, 5.74) is 8.44. The highest BCUT2D eigenvalue weighted by Crippen LogP contribution is 2.32. The molecule has 3 rings (SSSR count). The number of nitrogen functional groups attached to an aromatic ring is 1. The van der Waals surface area contributed by atoms with Crippen molar-refractivity contribution in [1.29, 1.82) is 0 Å². The molecule has 0 fully saturated rings. The fourth-order valence-corrected chi connectivity index (χ4v) is 2.54. The lowest BCUT2D eigenvalue weighted by Gasteiger charge is -2.10. The van der Waals surface area contributed by atoms with Gasteiger partial charge in [-0.3, -0.25) is 4.57 Å². The number of rotatable bonds is 2. The van der Waals surface area contributed by atoms with Crippen molar-refractivity contribution in [2.75, 3.05) is 12.8 Å². The molecule has 0 saturated heterocycles. The van der Waals surface area contributed by atoms with Gasteiger partial charge in [-0.25, -0.2) is 9.97 Å². The van der Waals surface area contributed by atoms with Crippen molar-refractivity contribution in [1.82, 2.24) is 19.5 Å². The number of aryl methyl sites for hydroxylation is 1. The van der Waals surface area contributed by atoms with Gasteiger partial charge in [0.2, 0.25) is 11.8 Å². The van der Waals surface area contributed by atoms with E-state index in [0.29, 0.717) is 32.8 Å². The molecule has 1 aromatic carbocycles. The third-order valence-corrected chi connectivity index (χ3v) is 3.81. The number of nitrogens with two attached hydrogens (primary N) is 1. The van der Waals surface area contributed by atoms with E-state index in [0.717, 1.165) is 5.56 Å². The van der Waals surface area contributed by atoms with Crippen LogP contribution in [0.1, 0.15) is 5.56 Å². The monoisotopic (exact) mass is 323 g/mol. The highest BCUT2D eigenvalue weighted by atomic mass is 35.5. The Morgan fingerprint density at radius 3 is 2.67 bits per heavy atom. The standard InChI is InChI=1S/C13H11Cl2N5O/c1-6-3-8(15)9(4-7(6)14)20-11-10(19-13(20)16)12(21-2)18-5-17-11/h3-5H,1-2H3,(H2,16,19). The van der Waals surface area contributed by atoms with Crippen LogP contribution in [0.3, 0.4) is 0 Å². The maximum absolute atomic E-state index is 6.30. The average molecular weight is 324 g/mol. The minimum Gasteiger partial charge on any atom is -0.479 e. The van der Waals surface area contributed by atoms with Crippen LogP contribution in [-0.2, 0) is 0 Å². The van der Waals surface area contributed by atoms with Crippen molar-refractivity contribution in [3.63, 3.8) is 0 Å². The van der Waals surface area contributed by atoms with Gasteiger partial charge in [-0.15, -0.1) is 0 Å². The molecule has 0 spiro atoms. The molecule has 108 valence electrons. The number of ether oxygens (including phenoxy) is 1. The molecule has 0 aliphatic carbocycles. The second kappa shape index (κ2) is 5.05. The fourth-order valence-electron chi connectivity index (χ4n) is 2.08. The molecule has 0 aliphatic rings. The first-order valence-corrected chi connectivity index (χ1v) is 6.77. The summed E-state index contributed by atoms with van der Waals surface area (Å²) in [5, 5.41) is 1.08. The zero-order valence-corrected chi connectivity index (χ0v) is 12.8. The van der Waals surface area contributed by atoms with Crippen molar-refractivity contribution in [2.24, 2.45) is 0 Å². The molecule has 0 saturated carbocycles. The lowest BCUT2D eigenvalue weighted by atomic mass is 10.2. The van der Waals surface area contributed by atoms with E-state index in [9.17, 15) is 0 Å². The van der Waals surface area contributed by atoms with Crippen LogP contribution in [0.25, 0.3) is 16.9 Å². The molecule has 2 heterocycles. The topological polar surface area (TPSA) is 78.8 Å². The summed E-state index contributed by atoms with van der Waals surface area (Å²) in [7, 11) is 1.51. The summed E-state index contributed by atoms with van der Waals surface area (Å²) >= 11 is 12.5. The summed E-state index contributed by atoms with van der Waals surface area (Å²) in [6, 6.07) is 3.49. The minimum atomic E-state index is 0.227. The SMILES string of the molecule is COc1ncnc2c1nc(N)n2-c1cc(Cl)c(C)cc1Cl. The summed E-state index contributed by atoms with van der Waals surface area (Å²) in [5.74, 6) is 0.574. The molecule has 0 amide bonds. The predicted octanol–water partition coefficient (Wildman–Crippen LogP) is 3.02. The Hall–Kier alpha value is -2.05. The molecule has 21 heavy (non-hydrogen) atoms. The van der Waals surface area contributed by atoms with Crippen LogP contribution in [0.2, 0.25) is 10.0 Å². The Balaban J connectivity index is 2.36. The second-order valence-corrected chi connectivity index (χ2v) is 5.23. The van der Waals surface area contributed by atoms with E-state index in [1.165, 1.54) is 13.4 Å². The fraction of sp³-hybridized carbons (Fsp3) is 0.154. The molecule has 0 atom stereocenters. The third kappa shape index (κ3) is 2.16. The lowest BCUT2D eigenvalue weighted by molar-refractivity contribution is 0.401. The van der Waals surface area contributed by atoms with Gasteiger partial charge in [0, 0.05) is 5.02 Å². The zero-order valence-electron chi connectivity index (χ0n) is 11.3. The van der Waals surface area contributed by atoms with Crippen LogP contribution < -0.4 is 10.5 Å². The van der Waals surface area contributed by atoms with E-state index >= 15 is 0 Å². The van der Waals surface area contributed by atoms with Crippen molar-refractivity contribution in [2.45, 2.75) is 6.92 Å². The van der Waals surface area contributed by atoms with Crippen LogP contribution in [0.5, 0.6) is 5.88 Å². The number of benzene rings is 1. The number of anilines is 1. The van der Waals surface area contributed by atoms with E-state index in [-0.39, 0.29) is 5.95 Å². The highest BCUT2D eigenvalue weighted by molar-refractivity contribution is 6.35. The smallest absolute Gasteiger partial charge is 0.245 e. The summed E-state index contributed by atoms with van der Waals surface area (Å²) in [6.45, 7) is 1.87. The van der Waals surface area contributed by atoms with Crippen LogP contribution in [0, 0.1) is 6.92 Å². The average Bonchev–Trinajstić information content (AvgIpc) is 2.79. The van der Waals surface area contributed by atoms with Crippen LogP contribution in [0.15, 0.2) is 18.5 Å². The highest BCUT2D eigenvalue weighted by Gasteiger charge is 2.18. The summed E-state index contributed by atoms with van der Waals surface area (Å²) in [4.78, 5) is 12.5. The molecule has 0 bridgehead atoms. The quantitative estimate of drug-likeness (QED) is 0.784. The van der Waals surface area contributed by atoms with Gasteiger partial charge in [0.1, 0.15) is 6.33 Å². The molecule has 0 unspecified atom stereocenters. The number of halogens is 2. The number of aromatic nitrogens is 4. The normalized spacial score (nSPS) is 11.0.